The summed E-state index contributed by atoms with van der Waals surface area (Å²) in [7, 11) is 0. The standard InChI is InChI=1S/C19H21ClO3S/c1-2-3-4-5-10-23-17-9-8-15(20)12-14(17)13-16(19(21)22)18-7-6-11-24-18/h6-9,11-13H,2-5,10H2,1H3,(H,21,22)/b16-13-. The zero-order valence-corrected chi connectivity index (χ0v) is 15.2. The van der Waals surface area contributed by atoms with Crippen LogP contribution in [0, 0.1) is 0 Å². The zero-order valence-electron chi connectivity index (χ0n) is 13.6. The lowest BCUT2D eigenvalue weighted by molar-refractivity contribution is -0.130. The van der Waals surface area contributed by atoms with E-state index in [0.717, 1.165) is 12.8 Å². The molecule has 0 spiro atoms. The molecule has 1 aromatic carbocycles. The lowest BCUT2D eigenvalue weighted by atomic mass is 10.1. The first-order chi connectivity index (χ1) is 11.6. The van der Waals surface area contributed by atoms with Crippen molar-refractivity contribution in [1.29, 1.82) is 0 Å². The summed E-state index contributed by atoms with van der Waals surface area (Å²) in [5.41, 5.74) is 0.923. The van der Waals surface area contributed by atoms with Gasteiger partial charge in [0.2, 0.25) is 0 Å². The molecule has 0 amide bonds. The highest BCUT2D eigenvalue weighted by molar-refractivity contribution is 7.11. The minimum Gasteiger partial charge on any atom is -0.493 e. The Hall–Kier alpha value is -1.78. The molecule has 128 valence electrons. The highest BCUT2D eigenvalue weighted by atomic mass is 35.5. The second kappa shape index (κ2) is 9.50. The van der Waals surface area contributed by atoms with E-state index in [9.17, 15) is 9.90 Å². The Balaban J connectivity index is 2.22. The third-order valence-corrected chi connectivity index (χ3v) is 4.68. The van der Waals surface area contributed by atoms with Crippen LogP contribution in [0.2, 0.25) is 5.02 Å². The number of hydrogen-bond acceptors (Lipinski definition) is 3. The van der Waals surface area contributed by atoms with Crippen LogP contribution in [0.1, 0.15) is 43.0 Å². The van der Waals surface area contributed by atoms with E-state index < -0.39 is 5.97 Å². The van der Waals surface area contributed by atoms with Gasteiger partial charge in [0, 0.05) is 15.5 Å². The van der Waals surface area contributed by atoms with Crippen molar-refractivity contribution in [2.75, 3.05) is 6.61 Å². The number of thiophene rings is 1. The van der Waals surface area contributed by atoms with Crippen LogP contribution < -0.4 is 4.74 Å². The van der Waals surface area contributed by atoms with Crippen molar-refractivity contribution in [2.24, 2.45) is 0 Å². The highest BCUT2D eigenvalue weighted by Gasteiger charge is 2.13. The van der Waals surface area contributed by atoms with Crippen LogP contribution in [0.3, 0.4) is 0 Å². The van der Waals surface area contributed by atoms with E-state index >= 15 is 0 Å². The summed E-state index contributed by atoms with van der Waals surface area (Å²) in [6.07, 6.45) is 6.11. The van der Waals surface area contributed by atoms with Gasteiger partial charge in [0.1, 0.15) is 5.75 Å². The van der Waals surface area contributed by atoms with E-state index in [1.54, 1.807) is 30.3 Å². The Morgan fingerprint density at radius 3 is 2.79 bits per heavy atom. The summed E-state index contributed by atoms with van der Waals surface area (Å²) >= 11 is 7.47. The quantitative estimate of drug-likeness (QED) is 0.439. The molecule has 0 saturated carbocycles. The van der Waals surface area contributed by atoms with Crippen molar-refractivity contribution in [3.63, 3.8) is 0 Å². The van der Waals surface area contributed by atoms with Crippen molar-refractivity contribution in [1.82, 2.24) is 0 Å². The molecule has 2 aromatic rings. The molecular weight excluding hydrogens is 344 g/mol. The van der Waals surface area contributed by atoms with E-state index in [1.165, 1.54) is 24.2 Å². The number of carboxylic acid groups (broad SMARTS) is 1. The molecule has 0 unspecified atom stereocenters. The Kier molecular flexibility index (Phi) is 7.35. The molecule has 0 fully saturated rings. The number of hydrogen-bond donors (Lipinski definition) is 1. The van der Waals surface area contributed by atoms with E-state index in [0.29, 0.717) is 27.8 Å². The maximum Gasteiger partial charge on any atom is 0.337 e. The first-order valence-electron chi connectivity index (χ1n) is 8.03. The van der Waals surface area contributed by atoms with Crippen LogP contribution in [0.15, 0.2) is 35.7 Å². The predicted octanol–water partition coefficient (Wildman–Crippen LogP) is 5.99. The molecular formula is C19H21ClO3S. The van der Waals surface area contributed by atoms with Crippen LogP contribution in [0.25, 0.3) is 11.6 Å². The predicted molar refractivity (Wildman–Crippen MR) is 101 cm³/mol. The molecule has 0 aliphatic carbocycles. The number of aliphatic carboxylic acids is 1. The summed E-state index contributed by atoms with van der Waals surface area (Å²) in [6.45, 7) is 2.78. The summed E-state index contributed by atoms with van der Waals surface area (Å²) < 4.78 is 5.84. The Morgan fingerprint density at radius 1 is 1.29 bits per heavy atom. The zero-order chi connectivity index (χ0) is 17.4. The second-order valence-electron chi connectivity index (χ2n) is 5.43. The third-order valence-electron chi connectivity index (χ3n) is 3.54. The van der Waals surface area contributed by atoms with Gasteiger partial charge in [-0.05, 0) is 42.1 Å². The monoisotopic (exact) mass is 364 g/mol. The summed E-state index contributed by atoms with van der Waals surface area (Å²) in [5, 5.41) is 11.9. The van der Waals surface area contributed by atoms with Crippen molar-refractivity contribution in [3.05, 3.63) is 51.2 Å². The number of unbranched alkanes of at least 4 members (excludes halogenated alkanes) is 3. The summed E-state index contributed by atoms with van der Waals surface area (Å²) in [4.78, 5) is 12.3. The fourth-order valence-corrected chi connectivity index (χ4v) is 3.21. The molecule has 0 aliphatic rings. The van der Waals surface area contributed by atoms with Crippen LogP contribution >= 0.6 is 22.9 Å². The maximum atomic E-state index is 11.6. The highest BCUT2D eigenvalue weighted by Crippen LogP contribution is 2.29. The number of ether oxygens (including phenoxy) is 1. The Morgan fingerprint density at radius 2 is 2.12 bits per heavy atom. The third kappa shape index (κ3) is 5.39. The van der Waals surface area contributed by atoms with Gasteiger partial charge in [-0.25, -0.2) is 4.79 Å². The molecule has 1 aromatic heterocycles. The number of carbonyl (C=O) groups is 1. The maximum absolute atomic E-state index is 11.6. The molecule has 3 nitrogen and oxygen atoms in total. The number of rotatable bonds is 9. The summed E-state index contributed by atoms with van der Waals surface area (Å²) in [5.74, 6) is -0.308. The number of carboxylic acids is 1. The lowest BCUT2D eigenvalue weighted by Gasteiger charge is -2.10. The molecule has 2 rings (SSSR count). The largest absolute Gasteiger partial charge is 0.493 e. The SMILES string of the molecule is CCCCCCOc1ccc(Cl)cc1/C=C(\C(=O)O)c1cccs1. The van der Waals surface area contributed by atoms with Crippen LogP contribution in [0.5, 0.6) is 5.75 Å². The molecule has 24 heavy (non-hydrogen) atoms. The van der Waals surface area contributed by atoms with Gasteiger partial charge >= 0.3 is 5.97 Å². The molecule has 1 heterocycles. The van der Waals surface area contributed by atoms with E-state index in [-0.39, 0.29) is 5.57 Å². The van der Waals surface area contributed by atoms with Gasteiger partial charge in [0.05, 0.1) is 12.2 Å². The second-order valence-corrected chi connectivity index (χ2v) is 6.82. The van der Waals surface area contributed by atoms with Gasteiger partial charge in [-0.1, -0.05) is 43.9 Å². The van der Waals surface area contributed by atoms with Crippen molar-refractivity contribution >= 4 is 40.6 Å². The van der Waals surface area contributed by atoms with E-state index in [4.69, 9.17) is 16.3 Å². The van der Waals surface area contributed by atoms with E-state index in [2.05, 4.69) is 6.92 Å². The van der Waals surface area contributed by atoms with Gasteiger partial charge in [0.25, 0.3) is 0 Å². The molecule has 0 radical (unpaired) electrons. The van der Waals surface area contributed by atoms with E-state index in [1.807, 2.05) is 11.4 Å². The van der Waals surface area contributed by atoms with Crippen LogP contribution in [-0.4, -0.2) is 17.7 Å². The first kappa shape index (κ1) is 18.6. The fourth-order valence-electron chi connectivity index (χ4n) is 2.30. The topological polar surface area (TPSA) is 46.5 Å². The number of halogens is 1. The molecule has 0 saturated heterocycles. The van der Waals surface area contributed by atoms with Gasteiger partial charge in [-0.2, -0.15) is 0 Å². The average molecular weight is 365 g/mol. The van der Waals surface area contributed by atoms with Crippen molar-refractivity contribution in [3.8, 4) is 5.75 Å². The Labute approximate surface area is 151 Å². The van der Waals surface area contributed by atoms with Crippen molar-refractivity contribution in [2.45, 2.75) is 32.6 Å². The normalized spacial score (nSPS) is 11.5. The molecule has 0 atom stereocenters. The average Bonchev–Trinajstić information content (AvgIpc) is 3.07. The minimum atomic E-state index is -0.966. The fraction of sp³-hybridized carbons (Fsp3) is 0.316. The first-order valence-corrected chi connectivity index (χ1v) is 9.28. The molecule has 1 N–H and O–H groups in total. The van der Waals surface area contributed by atoms with Gasteiger partial charge < -0.3 is 9.84 Å². The van der Waals surface area contributed by atoms with Gasteiger partial charge in [0.15, 0.2) is 0 Å². The molecule has 0 bridgehead atoms. The molecule has 5 heteroatoms. The summed E-state index contributed by atoms with van der Waals surface area (Å²) in [6, 6.07) is 8.91. The lowest BCUT2D eigenvalue weighted by Crippen LogP contribution is -2.01. The van der Waals surface area contributed by atoms with Crippen molar-refractivity contribution < 1.29 is 14.6 Å². The van der Waals surface area contributed by atoms with Gasteiger partial charge in [-0.3, -0.25) is 0 Å². The smallest absolute Gasteiger partial charge is 0.337 e. The van der Waals surface area contributed by atoms with Crippen LogP contribution in [0.4, 0.5) is 0 Å². The van der Waals surface area contributed by atoms with Crippen LogP contribution in [-0.2, 0) is 4.79 Å². The van der Waals surface area contributed by atoms with Gasteiger partial charge in [-0.15, -0.1) is 11.3 Å². The number of benzene rings is 1. The minimum absolute atomic E-state index is 0.239. The Bertz CT molecular complexity index is 693. The molecule has 0 aliphatic heterocycles.